The number of carbonyl (C=O) groups is 2. The Hall–Kier alpha value is -1.89. The van der Waals surface area contributed by atoms with Crippen LogP contribution in [0.3, 0.4) is 0 Å². The number of likely N-dealkylation sites (tertiary alicyclic amines) is 1. The maximum Gasteiger partial charge on any atom is 0.410 e. The van der Waals surface area contributed by atoms with Gasteiger partial charge >= 0.3 is 12.1 Å². The fourth-order valence-corrected chi connectivity index (χ4v) is 2.40. The van der Waals surface area contributed by atoms with Crippen LogP contribution in [0.1, 0.15) is 26.5 Å². The van der Waals surface area contributed by atoms with Gasteiger partial charge in [-0.15, -0.1) is 0 Å². The van der Waals surface area contributed by atoms with E-state index in [2.05, 4.69) is 9.97 Å². The number of hydrogen-bond acceptors (Lipinski definition) is 6. The number of halogens is 1. The molecule has 2 rings (SSSR count). The van der Waals surface area contributed by atoms with E-state index in [1.165, 1.54) is 18.2 Å². The average molecular weight is 328 g/mol. The lowest BCUT2D eigenvalue weighted by molar-refractivity contribution is -0.154. The van der Waals surface area contributed by atoms with Gasteiger partial charge in [0.05, 0.1) is 12.8 Å². The summed E-state index contributed by atoms with van der Waals surface area (Å²) in [5, 5.41) is 0.0384. The van der Waals surface area contributed by atoms with Crippen LogP contribution in [-0.4, -0.2) is 52.7 Å². The molecule has 1 aliphatic heterocycles. The molecule has 1 aliphatic rings. The molecule has 1 saturated heterocycles. The monoisotopic (exact) mass is 327 g/mol. The molecule has 2 heterocycles. The molecule has 0 bridgehead atoms. The molecule has 0 aromatic carbocycles. The minimum Gasteiger partial charge on any atom is -0.468 e. The van der Waals surface area contributed by atoms with Crippen molar-refractivity contribution in [2.24, 2.45) is 0 Å². The zero-order chi connectivity index (χ0) is 16.5. The second-order valence-electron chi connectivity index (χ2n) is 6.12. The number of aromatic nitrogens is 2. The fraction of sp³-hybridized carbons (Fsp3) is 0.571. The Labute approximate surface area is 133 Å². The molecule has 7 nitrogen and oxygen atoms in total. The number of esters is 1. The van der Waals surface area contributed by atoms with Gasteiger partial charge in [-0.05, 0) is 38.4 Å². The van der Waals surface area contributed by atoms with Crippen LogP contribution in [0.15, 0.2) is 12.3 Å². The molecule has 1 fully saturated rings. The molecule has 0 unspecified atom stereocenters. The van der Waals surface area contributed by atoms with Crippen molar-refractivity contribution in [3.8, 4) is 0 Å². The zero-order valence-electron chi connectivity index (χ0n) is 12.9. The number of nitrogens with zero attached hydrogens (tertiary/aromatic N) is 3. The van der Waals surface area contributed by atoms with E-state index < -0.39 is 23.1 Å². The van der Waals surface area contributed by atoms with Gasteiger partial charge in [0.2, 0.25) is 5.28 Å². The number of amides is 1. The Kier molecular flexibility index (Phi) is 4.28. The lowest BCUT2D eigenvalue weighted by Crippen LogP contribution is -2.66. The van der Waals surface area contributed by atoms with Crippen molar-refractivity contribution in [3.05, 3.63) is 23.2 Å². The Morgan fingerprint density at radius 2 is 2.00 bits per heavy atom. The molecule has 0 radical (unpaired) electrons. The highest BCUT2D eigenvalue weighted by atomic mass is 35.5. The highest BCUT2D eigenvalue weighted by molar-refractivity contribution is 6.28. The molecule has 0 N–H and O–H groups in total. The summed E-state index contributed by atoms with van der Waals surface area (Å²) in [5.41, 5.74) is -1.20. The summed E-state index contributed by atoms with van der Waals surface area (Å²) in [6.45, 7) is 5.59. The van der Waals surface area contributed by atoms with Gasteiger partial charge in [0.25, 0.3) is 0 Å². The fourth-order valence-electron chi connectivity index (χ4n) is 2.25. The molecule has 120 valence electrons. The Bertz CT molecular complexity index is 594. The third-order valence-corrected chi connectivity index (χ3v) is 3.45. The molecule has 0 saturated carbocycles. The molecular formula is C14H18ClN3O4. The second kappa shape index (κ2) is 5.72. The van der Waals surface area contributed by atoms with Crippen LogP contribution in [0, 0.1) is 0 Å². The van der Waals surface area contributed by atoms with Crippen LogP contribution in [0.5, 0.6) is 0 Å². The van der Waals surface area contributed by atoms with E-state index in [0.717, 1.165) is 0 Å². The van der Waals surface area contributed by atoms with E-state index in [4.69, 9.17) is 21.1 Å². The lowest BCUT2D eigenvalue weighted by atomic mass is 9.76. The zero-order valence-corrected chi connectivity index (χ0v) is 13.7. The molecule has 1 aromatic rings. The topological polar surface area (TPSA) is 81.6 Å². The standard InChI is InChI=1S/C14H18ClN3O4/c1-13(2,3)22-12(20)18-7-14(8-18,10(19)21-4)9-5-6-16-11(15)17-9/h5-6H,7-8H2,1-4H3. The number of hydrogen-bond donors (Lipinski definition) is 0. The van der Waals surface area contributed by atoms with Gasteiger partial charge in [-0.1, -0.05) is 0 Å². The molecule has 1 aromatic heterocycles. The summed E-state index contributed by atoms with van der Waals surface area (Å²) in [6.07, 6.45) is 0.984. The summed E-state index contributed by atoms with van der Waals surface area (Å²) >= 11 is 5.79. The molecular weight excluding hydrogens is 310 g/mol. The van der Waals surface area contributed by atoms with Crippen LogP contribution in [0.4, 0.5) is 4.79 Å². The predicted molar refractivity (Wildman–Crippen MR) is 78.5 cm³/mol. The molecule has 22 heavy (non-hydrogen) atoms. The first kappa shape index (κ1) is 16.5. The third kappa shape index (κ3) is 3.14. The summed E-state index contributed by atoms with van der Waals surface area (Å²) in [4.78, 5) is 33.5. The van der Waals surface area contributed by atoms with E-state index in [1.807, 2.05) is 0 Å². The number of carbonyl (C=O) groups excluding carboxylic acids is 2. The van der Waals surface area contributed by atoms with Gasteiger partial charge in [-0.3, -0.25) is 4.79 Å². The van der Waals surface area contributed by atoms with Crippen molar-refractivity contribution in [2.45, 2.75) is 31.8 Å². The van der Waals surface area contributed by atoms with E-state index in [0.29, 0.717) is 5.69 Å². The van der Waals surface area contributed by atoms with Gasteiger partial charge in [-0.25, -0.2) is 14.8 Å². The minimum atomic E-state index is -1.03. The SMILES string of the molecule is COC(=O)C1(c2ccnc(Cl)n2)CN(C(=O)OC(C)(C)C)C1. The lowest BCUT2D eigenvalue weighted by Gasteiger charge is -2.46. The molecule has 0 atom stereocenters. The maximum absolute atomic E-state index is 12.2. The van der Waals surface area contributed by atoms with Crippen LogP contribution in [0.25, 0.3) is 0 Å². The van der Waals surface area contributed by atoms with E-state index >= 15 is 0 Å². The Morgan fingerprint density at radius 1 is 1.36 bits per heavy atom. The Morgan fingerprint density at radius 3 is 2.50 bits per heavy atom. The van der Waals surface area contributed by atoms with E-state index in [9.17, 15) is 9.59 Å². The van der Waals surface area contributed by atoms with Gasteiger partial charge in [0, 0.05) is 19.3 Å². The first-order chi connectivity index (χ1) is 10.2. The van der Waals surface area contributed by atoms with E-state index in [-0.39, 0.29) is 18.4 Å². The summed E-state index contributed by atoms with van der Waals surface area (Å²) in [7, 11) is 1.29. The summed E-state index contributed by atoms with van der Waals surface area (Å²) in [5.74, 6) is -0.470. The minimum absolute atomic E-state index is 0.0384. The van der Waals surface area contributed by atoms with Crippen LogP contribution < -0.4 is 0 Å². The second-order valence-corrected chi connectivity index (χ2v) is 6.46. The van der Waals surface area contributed by atoms with Crippen molar-refractivity contribution in [1.82, 2.24) is 14.9 Å². The molecule has 1 amide bonds. The largest absolute Gasteiger partial charge is 0.468 e. The quantitative estimate of drug-likeness (QED) is 0.608. The summed E-state index contributed by atoms with van der Waals surface area (Å²) < 4.78 is 10.1. The smallest absolute Gasteiger partial charge is 0.410 e. The van der Waals surface area contributed by atoms with Gasteiger partial charge in [0.15, 0.2) is 0 Å². The average Bonchev–Trinajstić information content (AvgIpc) is 2.35. The van der Waals surface area contributed by atoms with Crippen molar-refractivity contribution < 1.29 is 19.1 Å². The number of rotatable bonds is 2. The predicted octanol–water partition coefficient (Wildman–Crippen LogP) is 1.79. The van der Waals surface area contributed by atoms with Crippen LogP contribution in [0.2, 0.25) is 5.28 Å². The van der Waals surface area contributed by atoms with Gasteiger partial charge in [0.1, 0.15) is 11.0 Å². The number of methoxy groups -OCH3 is 1. The normalized spacial score (nSPS) is 16.7. The third-order valence-electron chi connectivity index (χ3n) is 3.27. The van der Waals surface area contributed by atoms with Crippen LogP contribution >= 0.6 is 11.6 Å². The Balaban J connectivity index is 2.20. The first-order valence-corrected chi connectivity index (χ1v) is 7.11. The molecule has 8 heteroatoms. The van der Waals surface area contributed by atoms with Crippen LogP contribution in [-0.2, 0) is 19.7 Å². The summed E-state index contributed by atoms with van der Waals surface area (Å²) in [6, 6.07) is 1.59. The van der Waals surface area contributed by atoms with Gasteiger partial charge < -0.3 is 14.4 Å². The van der Waals surface area contributed by atoms with E-state index in [1.54, 1.807) is 26.8 Å². The molecule has 0 spiro atoms. The van der Waals surface area contributed by atoms with Gasteiger partial charge in [-0.2, -0.15) is 0 Å². The highest BCUT2D eigenvalue weighted by Gasteiger charge is 2.55. The number of ether oxygens (including phenoxy) is 2. The highest BCUT2D eigenvalue weighted by Crippen LogP contribution is 2.36. The van der Waals surface area contributed by atoms with Crippen molar-refractivity contribution in [1.29, 1.82) is 0 Å². The van der Waals surface area contributed by atoms with Crippen molar-refractivity contribution >= 4 is 23.7 Å². The van der Waals surface area contributed by atoms with Crippen molar-refractivity contribution in [2.75, 3.05) is 20.2 Å². The first-order valence-electron chi connectivity index (χ1n) is 6.73. The molecule has 0 aliphatic carbocycles. The maximum atomic E-state index is 12.2. The van der Waals surface area contributed by atoms with Crippen molar-refractivity contribution in [3.63, 3.8) is 0 Å².